The molecule has 0 bridgehead atoms. The van der Waals surface area contributed by atoms with E-state index in [1.54, 1.807) is 6.20 Å². The molecular weight excluding hydrogens is 276 g/mol. The molecule has 0 spiro atoms. The van der Waals surface area contributed by atoms with Gasteiger partial charge in [-0.3, -0.25) is 4.90 Å². The predicted octanol–water partition coefficient (Wildman–Crippen LogP) is 2.01. The molecule has 0 unspecified atom stereocenters. The molecule has 3 aromatic rings. The summed E-state index contributed by atoms with van der Waals surface area (Å²) in [6.07, 6.45) is 10.0. The number of aromatic nitrogens is 5. The van der Waals surface area contributed by atoms with Crippen molar-refractivity contribution in [2.24, 2.45) is 0 Å². The standard InChI is InChI=1S/C16H18N6/c1-2-14-15(11-18-16(14)17-6-1)12-3-7-22(8-4-12)9-5-13-10-19-21-20-13/h1-3,6,10-11H,4-5,7-9H2,(H,17,18)(H,19,20,21). The lowest BCUT2D eigenvalue weighted by molar-refractivity contribution is 0.305. The molecule has 0 fully saturated rings. The Kier molecular flexibility index (Phi) is 3.44. The van der Waals surface area contributed by atoms with E-state index in [0.717, 1.165) is 43.8 Å². The molecule has 0 aliphatic carbocycles. The van der Waals surface area contributed by atoms with Crippen molar-refractivity contribution in [3.8, 4) is 0 Å². The average Bonchev–Trinajstić information content (AvgIpc) is 3.23. The van der Waals surface area contributed by atoms with Crippen LogP contribution in [0.15, 0.2) is 36.8 Å². The number of H-pyrrole nitrogens is 2. The minimum absolute atomic E-state index is 0.941. The number of fused-ring (bicyclic) bond motifs is 1. The van der Waals surface area contributed by atoms with Crippen LogP contribution in [0.4, 0.5) is 0 Å². The highest BCUT2D eigenvalue weighted by Crippen LogP contribution is 2.28. The summed E-state index contributed by atoms with van der Waals surface area (Å²) in [6.45, 7) is 3.09. The van der Waals surface area contributed by atoms with Gasteiger partial charge in [0.15, 0.2) is 0 Å². The molecule has 4 heterocycles. The molecule has 0 amide bonds. The number of hydrogen-bond acceptors (Lipinski definition) is 4. The fraction of sp³-hybridized carbons (Fsp3) is 0.312. The van der Waals surface area contributed by atoms with Gasteiger partial charge in [0, 0.05) is 49.4 Å². The smallest absolute Gasteiger partial charge is 0.137 e. The van der Waals surface area contributed by atoms with Crippen LogP contribution in [0.3, 0.4) is 0 Å². The molecule has 6 nitrogen and oxygen atoms in total. The quantitative estimate of drug-likeness (QED) is 0.772. The summed E-state index contributed by atoms with van der Waals surface area (Å²) < 4.78 is 0. The van der Waals surface area contributed by atoms with Crippen LogP contribution in [0, 0.1) is 0 Å². The number of hydrogen-bond donors (Lipinski definition) is 2. The third kappa shape index (κ3) is 2.53. The Morgan fingerprint density at radius 3 is 3.14 bits per heavy atom. The summed E-state index contributed by atoms with van der Waals surface area (Å²) in [5.74, 6) is 0. The van der Waals surface area contributed by atoms with Gasteiger partial charge in [-0.25, -0.2) is 4.98 Å². The molecular formula is C16H18N6. The number of nitrogens with zero attached hydrogens (tertiary/aromatic N) is 4. The van der Waals surface area contributed by atoms with E-state index in [-0.39, 0.29) is 0 Å². The fourth-order valence-electron chi connectivity index (χ4n) is 3.00. The normalized spacial score (nSPS) is 16.1. The van der Waals surface area contributed by atoms with Gasteiger partial charge in [-0.05, 0) is 24.1 Å². The van der Waals surface area contributed by atoms with Crippen molar-refractivity contribution in [3.63, 3.8) is 0 Å². The molecule has 22 heavy (non-hydrogen) atoms. The van der Waals surface area contributed by atoms with E-state index in [1.807, 2.05) is 12.3 Å². The lowest BCUT2D eigenvalue weighted by atomic mass is 9.99. The molecule has 6 heteroatoms. The van der Waals surface area contributed by atoms with E-state index < -0.39 is 0 Å². The summed E-state index contributed by atoms with van der Waals surface area (Å²) in [4.78, 5) is 10.1. The lowest BCUT2D eigenvalue weighted by Crippen LogP contribution is -2.30. The highest BCUT2D eigenvalue weighted by atomic mass is 15.3. The third-order valence-corrected chi connectivity index (χ3v) is 4.24. The average molecular weight is 294 g/mol. The minimum atomic E-state index is 0.941. The summed E-state index contributed by atoms with van der Waals surface area (Å²) in [5.41, 5.74) is 4.69. The molecule has 0 saturated heterocycles. The molecule has 3 aromatic heterocycles. The van der Waals surface area contributed by atoms with Gasteiger partial charge in [0.25, 0.3) is 0 Å². The van der Waals surface area contributed by atoms with Crippen molar-refractivity contribution in [1.82, 2.24) is 30.3 Å². The Morgan fingerprint density at radius 2 is 2.32 bits per heavy atom. The molecule has 1 aliphatic heterocycles. The van der Waals surface area contributed by atoms with Crippen LogP contribution >= 0.6 is 0 Å². The summed E-state index contributed by atoms with van der Waals surface area (Å²) in [5, 5.41) is 11.8. The summed E-state index contributed by atoms with van der Waals surface area (Å²) >= 11 is 0. The highest BCUT2D eigenvalue weighted by Gasteiger charge is 2.15. The largest absolute Gasteiger partial charge is 0.346 e. The van der Waals surface area contributed by atoms with Gasteiger partial charge < -0.3 is 4.98 Å². The van der Waals surface area contributed by atoms with Crippen molar-refractivity contribution in [1.29, 1.82) is 0 Å². The second-order valence-electron chi connectivity index (χ2n) is 5.59. The van der Waals surface area contributed by atoms with E-state index in [2.05, 4.69) is 48.6 Å². The van der Waals surface area contributed by atoms with Gasteiger partial charge >= 0.3 is 0 Å². The van der Waals surface area contributed by atoms with Gasteiger partial charge in [-0.1, -0.05) is 6.08 Å². The maximum atomic E-state index is 4.36. The van der Waals surface area contributed by atoms with Crippen LogP contribution in [-0.2, 0) is 6.42 Å². The number of nitrogens with one attached hydrogen (secondary N) is 2. The molecule has 1 aliphatic rings. The van der Waals surface area contributed by atoms with E-state index in [4.69, 9.17) is 0 Å². The Hall–Kier alpha value is -2.47. The molecule has 112 valence electrons. The molecule has 0 aromatic carbocycles. The zero-order valence-electron chi connectivity index (χ0n) is 12.3. The Balaban J connectivity index is 1.45. The first-order chi connectivity index (χ1) is 10.9. The topological polar surface area (TPSA) is 73.5 Å². The Bertz CT molecular complexity index is 786. The molecule has 0 radical (unpaired) electrons. The van der Waals surface area contributed by atoms with Gasteiger partial charge in [-0.15, -0.1) is 0 Å². The SMILES string of the molecule is C1=C(c2c[nH]c3ncccc23)CCN(CCc2cn[nH]n2)C1. The van der Waals surface area contributed by atoms with Crippen molar-refractivity contribution >= 4 is 16.6 Å². The number of pyridine rings is 1. The van der Waals surface area contributed by atoms with Crippen LogP contribution in [-0.4, -0.2) is 49.9 Å². The fourth-order valence-corrected chi connectivity index (χ4v) is 3.00. The van der Waals surface area contributed by atoms with Crippen LogP contribution in [0.25, 0.3) is 16.6 Å². The predicted molar refractivity (Wildman–Crippen MR) is 85.2 cm³/mol. The van der Waals surface area contributed by atoms with Crippen molar-refractivity contribution in [2.45, 2.75) is 12.8 Å². The van der Waals surface area contributed by atoms with Crippen molar-refractivity contribution < 1.29 is 0 Å². The first kappa shape index (κ1) is 13.2. The summed E-state index contributed by atoms with van der Waals surface area (Å²) in [6, 6.07) is 4.12. The van der Waals surface area contributed by atoms with Gasteiger partial charge in [0.1, 0.15) is 5.65 Å². The van der Waals surface area contributed by atoms with Crippen LogP contribution in [0.1, 0.15) is 17.7 Å². The molecule has 2 N–H and O–H groups in total. The monoisotopic (exact) mass is 294 g/mol. The van der Waals surface area contributed by atoms with E-state index in [1.165, 1.54) is 16.5 Å². The third-order valence-electron chi connectivity index (χ3n) is 4.24. The first-order valence-electron chi connectivity index (χ1n) is 7.58. The number of rotatable bonds is 4. The van der Waals surface area contributed by atoms with E-state index in [9.17, 15) is 0 Å². The lowest BCUT2D eigenvalue weighted by Gasteiger charge is -2.25. The van der Waals surface area contributed by atoms with Crippen molar-refractivity contribution in [3.05, 3.63) is 48.1 Å². The Labute approximate surface area is 128 Å². The number of aromatic amines is 2. The van der Waals surface area contributed by atoms with Crippen molar-refractivity contribution in [2.75, 3.05) is 19.6 Å². The molecule has 0 atom stereocenters. The van der Waals surface area contributed by atoms with E-state index >= 15 is 0 Å². The highest BCUT2D eigenvalue weighted by molar-refractivity contribution is 5.90. The second-order valence-corrected chi connectivity index (χ2v) is 5.59. The van der Waals surface area contributed by atoms with Crippen LogP contribution in [0.2, 0.25) is 0 Å². The van der Waals surface area contributed by atoms with Gasteiger partial charge in [0.05, 0.1) is 11.9 Å². The molecule has 4 rings (SSSR count). The maximum absolute atomic E-state index is 4.36. The first-order valence-corrected chi connectivity index (χ1v) is 7.58. The van der Waals surface area contributed by atoms with Gasteiger partial charge in [-0.2, -0.15) is 15.4 Å². The van der Waals surface area contributed by atoms with Crippen LogP contribution < -0.4 is 0 Å². The molecule has 0 saturated carbocycles. The zero-order chi connectivity index (χ0) is 14.8. The van der Waals surface area contributed by atoms with Crippen LogP contribution in [0.5, 0.6) is 0 Å². The Morgan fingerprint density at radius 1 is 1.32 bits per heavy atom. The zero-order valence-corrected chi connectivity index (χ0v) is 12.3. The maximum Gasteiger partial charge on any atom is 0.137 e. The van der Waals surface area contributed by atoms with E-state index in [0.29, 0.717) is 0 Å². The van der Waals surface area contributed by atoms with Gasteiger partial charge in [0.2, 0.25) is 0 Å². The second kappa shape index (κ2) is 5.73. The minimum Gasteiger partial charge on any atom is -0.346 e. The summed E-state index contributed by atoms with van der Waals surface area (Å²) in [7, 11) is 0.